The van der Waals surface area contributed by atoms with Gasteiger partial charge in [-0.2, -0.15) is 0 Å². The van der Waals surface area contributed by atoms with Gasteiger partial charge in [0.15, 0.2) is 0 Å². The molecule has 0 bridgehead atoms. The Bertz CT molecular complexity index is 295. The van der Waals surface area contributed by atoms with Gasteiger partial charge in [-0.25, -0.2) is 0 Å². The molecule has 2 fully saturated rings. The lowest BCUT2D eigenvalue weighted by Gasteiger charge is -2.24. The van der Waals surface area contributed by atoms with Crippen LogP contribution in [0.4, 0.5) is 0 Å². The summed E-state index contributed by atoms with van der Waals surface area (Å²) in [4.78, 5) is 11.6. The van der Waals surface area contributed by atoms with E-state index in [1.165, 1.54) is 19.3 Å². The van der Waals surface area contributed by atoms with Crippen molar-refractivity contribution in [2.75, 3.05) is 6.61 Å². The maximum absolute atomic E-state index is 11.6. The molecule has 0 aromatic rings. The number of ether oxygens (including phenoxy) is 1. The van der Waals surface area contributed by atoms with Crippen molar-refractivity contribution in [1.82, 2.24) is 0 Å². The molecule has 2 heteroatoms. The lowest BCUT2D eigenvalue weighted by atomic mass is 9.80. The smallest absolute Gasteiger partial charge is 0.309 e. The van der Waals surface area contributed by atoms with Crippen LogP contribution in [0, 0.1) is 29.1 Å². The Morgan fingerprint density at radius 2 is 2.18 bits per heavy atom. The largest absolute Gasteiger partial charge is 0.465 e. The number of cyclic esters (lactones) is 1. The van der Waals surface area contributed by atoms with E-state index < -0.39 is 0 Å². The molecule has 98 valence electrons. The summed E-state index contributed by atoms with van der Waals surface area (Å²) in [5.74, 6) is 2.09. The topological polar surface area (TPSA) is 26.3 Å². The van der Waals surface area contributed by atoms with Crippen molar-refractivity contribution in [3.05, 3.63) is 0 Å². The first-order chi connectivity index (χ1) is 7.89. The van der Waals surface area contributed by atoms with Crippen LogP contribution in [0.5, 0.6) is 0 Å². The summed E-state index contributed by atoms with van der Waals surface area (Å²) in [6, 6.07) is 0. The van der Waals surface area contributed by atoms with E-state index in [4.69, 9.17) is 4.74 Å². The van der Waals surface area contributed by atoms with Gasteiger partial charge in [-0.05, 0) is 42.9 Å². The van der Waals surface area contributed by atoms with Gasteiger partial charge in [0.25, 0.3) is 0 Å². The van der Waals surface area contributed by atoms with Crippen LogP contribution in [-0.2, 0) is 9.53 Å². The number of carbonyl (C=O) groups excluding carboxylic acids is 1. The summed E-state index contributed by atoms with van der Waals surface area (Å²) in [5.41, 5.74) is 0.515. The maximum atomic E-state index is 11.6. The van der Waals surface area contributed by atoms with E-state index in [2.05, 4.69) is 27.7 Å². The molecule has 2 nitrogen and oxygen atoms in total. The summed E-state index contributed by atoms with van der Waals surface area (Å²) in [5, 5.41) is 0. The van der Waals surface area contributed by atoms with Crippen LogP contribution in [0.2, 0.25) is 0 Å². The number of rotatable bonds is 3. The van der Waals surface area contributed by atoms with Crippen molar-refractivity contribution < 1.29 is 9.53 Å². The van der Waals surface area contributed by atoms with E-state index in [0.29, 0.717) is 23.9 Å². The highest BCUT2D eigenvalue weighted by molar-refractivity contribution is 5.74. The fourth-order valence-corrected chi connectivity index (χ4v) is 3.57. The summed E-state index contributed by atoms with van der Waals surface area (Å²) in [6.07, 6.45) is 5.03. The van der Waals surface area contributed by atoms with Crippen molar-refractivity contribution in [2.24, 2.45) is 29.1 Å². The molecule has 4 atom stereocenters. The van der Waals surface area contributed by atoms with Crippen LogP contribution in [-0.4, -0.2) is 12.6 Å². The Hall–Kier alpha value is -0.530. The number of esters is 1. The third-order valence-corrected chi connectivity index (χ3v) is 4.92. The molecule has 1 saturated carbocycles. The summed E-state index contributed by atoms with van der Waals surface area (Å²) >= 11 is 0. The second-order valence-electron chi connectivity index (χ2n) is 7.09. The van der Waals surface area contributed by atoms with Gasteiger partial charge in [0.2, 0.25) is 0 Å². The standard InChI is InChI=1S/C15H26O2/c1-10(12-5-6-15(3,4)8-12)7-13-11(2)9-17-14(13)16/h10-13H,5-9H2,1-4H3. The molecule has 4 unspecified atom stereocenters. The molecule has 1 aliphatic heterocycles. The monoisotopic (exact) mass is 238 g/mol. The molecule has 0 spiro atoms. The predicted octanol–water partition coefficient (Wildman–Crippen LogP) is 3.65. The third kappa shape index (κ3) is 2.83. The van der Waals surface area contributed by atoms with Gasteiger partial charge < -0.3 is 4.74 Å². The Kier molecular flexibility index (Phi) is 3.51. The fraction of sp³-hybridized carbons (Fsp3) is 0.933. The number of hydrogen-bond donors (Lipinski definition) is 0. The fourth-order valence-electron chi connectivity index (χ4n) is 3.57. The third-order valence-electron chi connectivity index (χ3n) is 4.92. The van der Waals surface area contributed by atoms with E-state index in [9.17, 15) is 4.79 Å². The highest BCUT2D eigenvalue weighted by atomic mass is 16.5. The molecule has 2 rings (SSSR count). The van der Waals surface area contributed by atoms with Crippen molar-refractivity contribution in [3.8, 4) is 0 Å². The van der Waals surface area contributed by atoms with E-state index in [0.717, 1.165) is 12.3 Å². The first-order valence-electron chi connectivity index (χ1n) is 7.06. The van der Waals surface area contributed by atoms with Crippen molar-refractivity contribution >= 4 is 5.97 Å². The molecule has 2 aliphatic rings. The van der Waals surface area contributed by atoms with Gasteiger partial charge >= 0.3 is 5.97 Å². The molecule has 0 N–H and O–H groups in total. The molecule has 0 aromatic heterocycles. The van der Waals surface area contributed by atoms with Crippen LogP contribution < -0.4 is 0 Å². The number of carbonyl (C=O) groups is 1. The predicted molar refractivity (Wildman–Crippen MR) is 68.5 cm³/mol. The zero-order valence-electron chi connectivity index (χ0n) is 11.7. The average Bonchev–Trinajstić information content (AvgIpc) is 2.75. The van der Waals surface area contributed by atoms with Crippen molar-refractivity contribution in [1.29, 1.82) is 0 Å². The first-order valence-corrected chi connectivity index (χ1v) is 7.06. The van der Waals surface area contributed by atoms with Gasteiger partial charge in [0.1, 0.15) is 0 Å². The van der Waals surface area contributed by atoms with Crippen LogP contribution in [0.25, 0.3) is 0 Å². The van der Waals surface area contributed by atoms with Gasteiger partial charge in [-0.15, -0.1) is 0 Å². The van der Waals surface area contributed by atoms with Crippen LogP contribution >= 0.6 is 0 Å². The van der Waals surface area contributed by atoms with Crippen LogP contribution in [0.15, 0.2) is 0 Å². The Morgan fingerprint density at radius 3 is 2.65 bits per heavy atom. The lowest BCUT2D eigenvalue weighted by molar-refractivity contribution is -0.141. The normalized spacial score (nSPS) is 38.1. The Labute approximate surface area is 105 Å². The van der Waals surface area contributed by atoms with E-state index >= 15 is 0 Å². The molecule has 17 heavy (non-hydrogen) atoms. The zero-order chi connectivity index (χ0) is 12.6. The van der Waals surface area contributed by atoms with Crippen LogP contribution in [0.1, 0.15) is 53.4 Å². The van der Waals surface area contributed by atoms with Gasteiger partial charge in [0, 0.05) is 5.92 Å². The second-order valence-corrected chi connectivity index (χ2v) is 7.09. The van der Waals surface area contributed by atoms with E-state index in [-0.39, 0.29) is 11.9 Å². The molecular formula is C15H26O2. The number of hydrogen-bond acceptors (Lipinski definition) is 2. The first kappa shape index (κ1) is 12.9. The minimum Gasteiger partial charge on any atom is -0.465 e. The summed E-state index contributed by atoms with van der Waals surface area (Å²) < 4.78 is 5.14. The minimum absolute atomic E-state index is 0.0432. The summed E-state index contributed by atoms with van der Waals surface area (Å²) in [7, 11) is 0. The van der Waals surface area contributed by atoms with Gasteiger partial charge in [-0.3, -0.25) is 4.79 Å². The second kappa shape index (κ2) is 4.62. The summed E-state index contributed by atoms with van der Waals surface area (Å²) in [6.45, 7) is 9.83. The molecule has 1 heterocycles. The van der Waals surface area contributed by atoms with Crippen LogP contribution in [0.3, 0.4) is 0 Å². The highest BCUT2D eigenvalue weighted by Crippen LogP contribution is 2.46. The zero-order valence-corrected chi connectivity index (χ0v) is 11.7. The van der Waals surface area contributed by atoms with Gasteiger partial charge in [-0.1, -0.05) is 27.7 Å². The minimum atomic E-state index is 0.0432. The molecule has 1 saturated heterocycles. The maximum Gasteiger partial charge on any atom is 0.309 e. The molecule has 0 aromatic carbocycles. The lowest BCUT2D eigenvalue weighted by Crippen LogP contribution is -2.21. The van der Waals surface area contributed by atoms with Crippen molar-refractivity contribution in [3.63, 3.8) is 0 Å². The van der Waals surface area contributed by atoms with Gasteiger partial charge in [0.05, 0.1) is 12.5 Å². The molecular weight excluding hydrogens is 212 g/mol. The highest BCUT2D eigenvalue weighted by Gasteiger charge is 2.39. The Balaban J connectivity index is 1.89. The van der Waals surface area contributed by atoms with E-state index in [1.54, 1.807) is 0 Å². The van der Waals surface area contributed by atoms with E-state index in [1.807, 2.05) is 0 Å². The quantitative estimate of drug-likeness (QED) is 0.702. The Morgan fingerprint density at radius 1 is 1.47 bits per heavy atom. The molecule has 0 radical (unpaired) electrons. The van der Waals surface area contributed by atoms with Crippen molar-refractivity contribution in [2.45, 2.75) is 53.4 Å². The molecule has 1 aliphatic carbocycles. The average molecular weight is 238 g/mol. The molecule has 0 amide bonds. The SMILES string of the molecule is CC(CC1C(=O)OCC1C)C1CCC(C)(C)C1.